The molecular weight excluding hydrogens is 424 g/mol. The first-order valence-electron chi connectivity index (χ1n) is 9.00. The lowest BCUT2D eigenvalue weighted by atomic mass is 9.98. The van der Waals surface area contributed by atoms with Crippen molar-refractivity contribution in [3.8, 4) is 10.8 Å². The molecule has 6 nitrogen and oxygen atoms in total. The molecule has 0 radical (unpaired) electrons. The first-order chi connectivity index (χ1) is 14.5. The minimum Gasteiger partial charge on any atom is -0.449 e. The Morgan fingerprint density at radius 3 is 2.43 bits per heavy atom. The van der Waals surface area contributed by atoms with Crippen molar-refractivity contribution in [3.63, 3.8) is 0 Å². The molecule has 2 aromatic heterocycles. The van der Waals surface area contributed by atoms with E-state index in [0.29, 0.717) is 16.5 Å². The van der Waals surface area contributed by atoms with Crippen molar-refractivity contribution in [1.29, 1.82) is 0 Å². The lowest BCUT2D eigenvalue weighted by molar-refractivity contribution is 0.0278. The molecule has 0 N–H and O–H groups in total. The summed E-state index contributed by atoms with van der Waals surface area (Å²) < 4.78 is 11.1. The van der Waals surface area contributed by atoms with Gasteiger partial charge in [0.1, 0.15) is 0 Å². The molecule has 1 unspecified atom stereocenters. The Morgan fingerprint density at radius 2 is 1.73 bits per heavy atom. The van der Waals surface area contributed by atoms with Crippen LogP contribution in [0.1, 0.15) is 45.2 Å². The molecule has 2 aromatic carbocycles. The molecule has 2 heterocycles. The number of thiophene rings is 1. The maximum atomic E-state index is 12.9. The maximum absolute atomic E-state index is 12.9. The maximum Gasteiger partial charge on any atom is 0.339 e. The fourth-order valence-corrected chi connectivity index (χ4v) is 3.56. The van der Waals surface area contributed by atoms with Crippen LogP contribution in [0.3, 0.4) is 0 Å². The second-order valence-corrected chi connectivity index (χ2v) is 7.74. The van der Waals surface area contributed by atoms with Gasteiger partial charge in [-0.3, -0.25) is 4.79 Å². The summed E-state index contributed by atoms with van der Waals surface area (Å²) in [5.41, 5.74) is 0.814. The Morgan fingerprint density at radius 1 is 1.00 bits per heavy atom. The third kappa shape index (κ3) is 4.17. The fourth-order valence-electron chi connectivity index (χ4n) is 2.79. The van der Waals surface area contributed by atoms with Crippen molar-refractivity contribution in [2.24, 2.45) is 0 Å². The van der Waals surface area contributed by atoms with E-state index in [1.807, 2.05) is 17.5 Å². The van der Waals surface area contributed by atoms with Crippen LogP contribution in [0.4, 0.5) is 0 Å². The fraction of sp³-hybridized carbons (Fsp3) is 0.0909. The lowest BCUT2D eigenvalue weighted by Crippen LogP contribution is -2.14. The molecule has 0 saturated carbocycles. The highest BCUT2D eigenvalue weighted by atomic mass is 35.5. The Balaban J connectivity index is 1.54. The standard InChI is InChI=1S/C22H15ClN2O4S/c1-13(20-24-25-21(29-20)18-7-4-12-30-18)28-22(27)17-6-3-2-5-16(17)19(26)14-8-10-15(23)11-9-14/h2-13H,1H3. The molecule has 4 rings (SSSR count). The number of carbonyl (C=O) groups is 2. The summed E-state index contributed by atoms with van der Waals surface area (Å²) in [6, 6.07) is 16.7. The summed E-state index contributed by atoms with van der Waals surface area (Å²) in [7, 11) is 0. The van der Waals surface area contributed by atoms with Crippen LogP contribution in [-0.4, -0.2) is 21.9 Å². The zero-order valence-corrected chi connectivity index (χ0v) is 17.3. The van der Waals surface area contributed by atoms with Gasteiger partial charge in [-0.05, 0) is 48.7 Å². The van der Waals surface area contributed by atoms with Crippen molar-refractivity contribution in [2.75, 3.05) is 0 Å². The number of ether oxygens (including phenoxy) is 1. The Bertz CT molecular complexity index is 1190. The van der Waals surface area contributed by atoms with Crippen LogP contribution in [0.2, 0.25) is 5.02 Å². The molecule has 0 fully saturated rings. The highest BCUT2D eigenvalue weighted by Crippen LogP contribution is 2.27. The molecule has 0 bridgehead atoms. The van der Waals surface area contributed by atoms with E-state index in [-0.39, 0.29) is 22.8 Å². The van der Waals surface area contributed by atoms with Gasteiger partial charge in [0.25, 0.3) is 11.8 Å². The number of halogens is 1. The third-order valence-corrected chi connectivity index (χ3v) is 5.41. The average molecular weight is 439 g/mol. The van der Waals surface area contributed by atoms with Gasteiger partial charge >= 0.3 is 5.97 Å². The van der Waals surface area contributed by atoms with E-state index in [1.54, 1.807) is 55.5 Å². The molecule has 0 aliphatic heterocycles. The molecule has 150 valence electrons. The summed E-state index contributed by atoms with van der Waals surface area (Å²) in [6.07, 6.45) is -0.780. The van der Waals surface area contributed by atoms with E-state index in [1.165, 1.54) is 11.3 Å². The molecule has 0 spiro atoms. The largest absolute Gasteiger partial charge is 0.449 e. The first-order valence-corrected chi connectivity index (χ1v) is 10.3. The van der Waals surface area contributed by atoms with E-state index >= 15 is 0 Å². The van der Waals surface area contributed by atoms with Crippen molar-refractivity contribution in [1.82, 2.24) is 10.2 Å². The summed E-state index contributed by atoms with van der Waals surface area (Å²) in [4.78, 5) is 26.5. The van der Waals surface area contributed by atoms with Crippen molar-refractivity contribution in [3.05, 3.63) is 93.6 Å². The number of benzene rings is 2. The SMILES string of the molecule is CC(OC(=O)c1ccccc1C(=O)c1ccc(Cl)cc1)c1nnc(-c2cccs2)o1. The van der Waals surface area contributed by atoms with Gasteiger partial charge in [0.05, 0.1) is 10.4 Å². The number of aromatic nitrogens is 2. The van der Waals surface area contributed by atoms with Gasteiger partial charge in [-0.25, -0.2) is 4.79 Å². The smallest absolute Gasteiger partial charge is 0.339 e. The van der Waals surface area contributed by atoms with Crippen LogP contribution in [-0.2, 0) is 4.74 Å². The van der Waals surface area contributed by atoms with Crippen LogP contribution in [0.15, 0.2) is 70.5 Å². The number of carbonyl (C=O) groups excluding carboxylic acids is 2. The van der Waals surface area contributed by atoms with E-state index in [0.717, 1.165) is 4.88 Å². The van der Waals surface area contributed by atoms with E-state index in [2.05, 4.69) is 10.2 Å². The number of nitrogens with zero attached hydrogens (tertiary/aromatic N) is 2. The molecule has 0 aliphatic carbocycles. The third-order valence-electron chi connectivity index (χ3n) is 4.30. The molecule has 8 heteroatoms. The summed E-state index contributed by atoms with van der Waals surface area (Å²) in [6.45, 7) is 1.63. The van der Waals surface area contributed by atoms with Crippen LogP contribution < -0.4 is 0 Å². The van der Waals surface area contributed by atoms with Gasteiger partial charge in [-0.15, -0.1) is 21.5 Å². The first kappa shape index (κ1) is 20.0. The highest BCUT2D eigenvalue weighted by molar-refractivity contribution is 7.13. The number of ketones is 1. The predicted molar refractivity (Wildman–Crippen MR) is 113 cm³/mol. The van der Waals surface area contributed by atoms with Crippen molar-refractivity contribution in [2.45, 2.75) is 13.0 Å². The quantitative estimate of drug-likeness (QED) is 0.288. The van der Waals surface area contributed by atoms with Gasteiger partial charge in [-0.2, -0.15) is 0 Å². The highest BCUT2D eigenvalue weighted by Gasteiger charge is 2.24. The van der Waals surface area contributed by atoms with E-state index in [4.69, 9.17) is 20.8 Å². The van der Waals surface area contributed by atoms with Crippen LogP contribution in [0, 0.1) is 0 Å². The number of esters is 1. The number of hydrogen-bond acceptors (Lipinski definition) is 7. The van der Waals surface area contributed by atoms with Gasteiger partial charge in [0.2, 0.25) is 0 Å². The Labute approximate surface area is 181 Å². The summed E-state index contributed by atoms with van der Waals surface area (Å²) >= 11 is 7.36. The van der Waals surface area contributed by atoms with Crippen LogP contribution in [0.5, 0.6) is 0 Å². The topological polar surface area (TPSA) is 82.3 Å². The van der Waals surface area contributed by atoms with Crippen molar-refractivity contribution >= 4 is 34.7 Å². The minimum absolute atomic E-state index is 0.155. The average Bonchev–Trinajstić information content (AvgIpc) is 3.45. The molecule has 1 atom stereocenters. The van der Waals surface area contributed by atoms with Crippen molar-refractivity contribution < 1.29 is 18.7 Å². The monoisotopic (exact) mass is 438 g/mol. The molecular formula is C22H15ClN2O4S. The van der Waals surface area contributed by atoms with Gasteiger partial charge in [0.15, 0.2) is 11.9 Å². The molecule has 0 saturated heterocycles. The van der Waals surface area contributed by atoms with Gasteiger partial charge in [-0.1, -0.05) is 35.9 Å². The molecule has 0 aliphatic rings. The van der Waals surface area contributed by atoms with Gasteiger partial charge < -0.3 is 9.15 Å². The summed E-state index contributed by atoms with van der Waals surface area (Å²) in [5.74, 6) is -0.421. The molecule has 0 amide bonds. The normalized spacial score (nSPS) is 11.8. The Hall–Kier alpha value is -3.29. The zero-order chi connectivity index (χ0) is 21.1. The van der Waals surface area contributed by atoms with E-state index < -0.39 is 12.1 Å². The zero-order valence-electron chi connectivity index (χ0n) is 15.7. The number of rotatable bonds is 6. The molecule has 4 aromatic rings. The molecule has 30 heavy (non-hydrogen) atoms. The summed E-state index contributed by atoms with van der Waals surface area (Å²) in [5, 5.41) is 10.4. The van der Waals surface area contributed by atoms with E-state index in [9.17, 15) is 9.59 Å². The predicted octanol–water partition coefficient (Wildman–Crippen LogP) is 5.60. The Kier molecular flexibility index (Phi) is 5.74. The minimum atomic E-state index is -0.780. The second-order valence-electron chi connectivity index (χ2n) is 6.35. The van der Waals surface area contributed by atoms with Crippen LogP contribution in [0.25, 0.3) is 10.8 Å². The van der Waals surface area contributed by atoms with Crippen LogP contribution >= 0.6 is 22.9 Å². The second kappa shape index (κ2) is 8.61. The van der Waals surface area contributed by atoms with Gasteiger partial charge in [0, 0.05) is 16.1 Å². The number of hydrogen-bond donors (Lipinski definition) is 0. The lowest BCUT2D eigenvalue weighted by Gasteiger charge is -2.12.